The fourth-order valence-corrected chi connectivity index (χ4v) is 2.79. The molecule has 21 heavy (non-hydrogen) atoms. The van der Waals surface area contributed by atoms with Gasteiger partial charge in [-0.2, -0.15) is 4.98 Å². The average Bonchev–Trinajstić information content (AvgIpc) is 2.99. The van der Waals surface area contributed by atoms with Crippen molar-refractivity contribution in [2.75, 3.05) is 20.1 Å². The Morgan fingerprint density at radius 1 is 1.52 bits per heavy atom. The zero-order chi connectivity index (χ0) is 14.5. The third-order valence-electron chi connectivity index (χ3n) is 3.58. The van der Waals surface area contributed by atoms with Gasteiger partial charge in [0.05, 0.1) is 6.54 Å². The number of aryl methyl sites for hydroxylation is 1. The van der Waals surface area contributed by atoms with E-state index in [9.17, 15) is 0 Å². The third-order valence-corrected chi connectivity index (χ3v) is 3.58. The first-order chi connectivity index (χ1) is 9.58. The van der Waals surface area contributed by atoms with Gasteiger partial charge in [-0.25, -0.2) is 0 Å². The molecule has 2 heterocycles. The summed E-state index contributed by atoms with van der Waals surface area (Å²) in [5.41, 5.74) is 0. The molecule has 0 aromatic carbocycles. The van der Waals surface area contributed by atoms with E-state index in [0.717, 1.165) is 30.9 Å². The van der Waals surface area contributed by atoms with Gasteiger partial charge in [0, 0.05) is 27.1 Å². The lowest BCUT2D eigenvalue weighted by Crippen LogP contribution is -2.39. The molecule has 0 spiro atoms. The van der Waals surface area contributed by atoms with Crippen molar-refractivity contribution < 1.29 is 4.52 Å². The summed E-state index contributed by atoms with van der Waals surface area (Å²) in [5.74, 6) is 3.73. The van der Waals surface area contributed by atoms with Crippen LogP contribution in [0.4, 0.5) is 0 Å². The number of aromatic nitrogens is 2. The van der Waals surface area contributed by atoms with Crippen LogP contribution in [-0.4, -0.2) is 41.1 Å². The molecular weight excluding hydrogens is 381 g/mol. The van der Waals surface area contributed by atoms with Crippen LogP contribution >= 0.6 is 24.0 Å². The van der Waals surface area contributed by atoms with Crippen molar-refractivity contribution in [1.82, 2.24) is 20.4 Å². The fraction of sp³-hybridized carbons (Fsp3) is 0.786. The Bertz CT molecular complexity index is 460. The van der Waals surface area contributed by atoms with Crippen LogP contribution < -0.4 is 5.32 Å². The van der Waals surface area contributed by atoms with E-state index < -0.39 is 0 Å². The van der Waals surface area contributed by atoms with Crippen LogP contribution in [0.25, 0.3) is 0 Å². The van der Waals surface area contributed by atoms with Crippen LogP contribution in [-0.2, 0) is 6.54 Å². The monoisotopic (exact) mass is 407 g/mol. The molecule has 0 bridgehead atoms. The number of likely N-dealkylation sites (tertiary alicyclic amines) is 1. The topological polar surface area (TPSA) is 66.5 Å². The SMILES string of the molecule is CN=C(NCc1noc(C)n1)N1CCC(CC(C)C)C1.I. The van der Waals surface area contributed by atoms with Gasteiger partial charge < -0.3 is 14.7 Å². The highest BCUT2D eigenvalue weighted by atomic mass is 127. The summed E-state index contributed by atoms with van der Waals surface area (Å²) in [6.45, 7) is 9.08. The predicted octanol–water partition coefficient (Wildman–Crippen LogP) is 2.44. The molecule has 1 fully saturated rings. The smallest absolute Gasteiger partial charge is 0.223 e. The Morgan fingerprint density at radius 3 is 2.86 bits per heavy atom. The highest BCUT2D eigenvalue weighted by molar-refractivity contribution is 14.0. The van der Waals surface area contributed by atoms with E-state index in [-0.39, 0.29) is 24.0 Å². The molecule has 0 saturated carbocycles. The Labute approximate surface area is 143 Å². The van der Waals surface area contributed by atoms with Crippen LogP contribution in [0.5, 0.6) is 0 Å². The Hall–Kier alpha value is -0.860. The minimum absolute atomic E-state index is 0. The summed E-state index contributed by atoms with van der Waals surface area (Å²) in [7, 11) is 1.82. The van der Waals surface area contributed by atoms with Crippen LogP contribution in [0.2, 0.25) is 0 Å². The number of hydrogen-bond donors (Lipinski definition) is 1. The van der Waals surface area contributed by atoms with Crippen molar-refractivity contribution in [1.29, 1.82) is 0 Å². The molecule has 1 atom stereocenters. The van der Waals surface area contributed by atoms with Gasteiger partial charge in [0.1, 0.15) is 0 Å². The zero-order valence-corrected chi connectivity index (χ0v) is 15.6. The molecule has 1 aromatic rings. The summed E-state index contributed by atoms with van der Waals surface area (Å²) < 4.78 is 4.96. The maximum absolute atomic E-state index is 4.96. The second-order valence-electron chi connectivity index (χ2n) is 5.86. The van der Waals surface area contributed by atoms with Crippen LogP contribution in [0.3, 0.4) is 0 Å². The summed E-state index contributed by atoms with van der Waals surface area (Å²) in [6.07, 6.45) is 2.54. The van der Waals surface area contributed by atoms with Gasteiger partial charge in [-0.3, -0.25) is 4.99 Å². The Kier molecular flexibility index (Phi) is 7.41. The lowest BCUT2D eigenvalue weighted by atomic mass is 9.97. The minimum Gasteiger partial charge on any atom is -0.349 e. The number of halogens is 1. The first kappa shape index (κ1) is 18.2. The average molecular weight is 407 g/mol. The molecule has 1 aliphatic heterocycles. The largest absolute Gasteiger partial charge is 0.349 e. The first-order valence-corrected chi connectivity index (χ1v) is 7.33. The van der Waals surface area contributed by atoms with Crippen molar-refractivity contribution >= 4 is 29.9 Å². The van der Waals surface area contributed by atoms with Gasteiger partial charge in [0.15, 0.2) is 11.8 Å². The van der Waals surface area contributed by atoms with E-state index in [4.69, 9.17) is 4.52 Å². The van der Waals surface area contributed by atoms with Gasteiger partial charge >= 0.3 is 0 Å². The van der Waals surface area contributed by atoms with E-state index in [1.54, 1.807) is 6.92 Å². The van der Waals surface area contributed by atoms with Gasteiger partial charge in [0.25, 0.3) is 0 Å². The number of nitrogens with zero attached hydrogens (tertiary/aromatic N) is 4. The fourth-order valence-electron chi connectivity index (χ4n) is 2.79. The number of nitrogens with one attached hydrogen (secondary N) is 1. The molecule has 1 unspecified atom stereocenters. The van der Waals surface area contributed by atoms with Gasteiger partial charge in [0.2, 0.25) is 5.89 Å². The molecule has 0 radical (unpaired) electrons. The van der Waals surface area contributed by atoms with Gasteiger partial charge in [-0.1, -0.05) is 19.0 Å². The van der Waals surface area contributed by atoms with Gasteiger partial charge in [-0.05, 0) is 24.7 Å². The van der Waals surface area contributed by atoms with Crippen molar-refractivity contribution in [3.63, 3.8) is 0 Å². The quantitative estimate of drug-likeness (QED) is 0.472. The Balaban J connectivity index is 0.00000220. The molecule has 6 nitrogen and oxygen atoms in total. The predicted molar refractivity (Wildman–Crippen MR) is 93.8 cm³/mol. The van der Waals surface area contributed by atoms with Crippen molar-refractivity contribution in [2.24, 2.45) is 16.8 Å². The molecule has 1 aliphatic rings. The van der Waals surface area contributed by atoms with E-state index in [1.165, 1.54) is 12.8 Å². The molecule has 7 heteroatoms. The van der Waals surface area contributed by atoms with E-state index in [1.807, 2.05) is 7.05 Å². The van der Waals surface area contributed by atoms with Crippen LogP contribution in [0.1, 0.15) is 38.4 Å². The lowest BCUT2D eigenvalue weighted by Gasteiger charge is -2.21. The van der Waals surface area contributed by atoms with Crippen molar-refractivity contribution in [3.8, 4) is 0 Å². The highest BCUT2D eigenvalue weighted by Gasteiger charge is 2.25. The number of aliphatic imine (C=N–C) groups is 1. The number of guanidine groups is 1. The summed E-state index contributed by atoms with van der Waals surface area (Å²) in [6, 6.07) is 0. The van der Waals surface area contributed by atoms with Gasteiger partial charge in [-0.15, -0.1) is 24.0 Å². The molecule has 1 N–H and O–H groups in total. The molecule has 1 aromatic heterocycles. The molecule has 0 aliphatic carbocycles. The van der Waals surface area contributed by atoms with Crippen LogP contribution in [0, 0.1) is 18.8 Å². The minimum atomic E-state index is 0. The third kappa shape index (κ3) is 5.44. The summed E-state index contributed by atoms with van der Waals surface area (Å²) >= 11 is 0. The number of hydrogen-bond acceptors (Lipinski definition) is 4. The standard InChI is InChI=1S/C14H25N5O.HI/c1-10(2)7-12-5-6-19(9-12)14(15-4)16-8-13-17-11(3)20-18-13;/h10,12H,5-9H2,1-4H3,(H,15,16);1H. The Morgan fingerprint density at radius 2 is 2.29 bits per heavy atom. The highest BCUT2D eigenvalue weighted by Crippen LogP contribution is 2.23. The van der Waals surface area contributed by atoms with E-state index in [2.05, 4.69) is 39.2 Å². The van der Waals surface area contributed by atoms with Crippen molar-refractivity contribution in [2.45, 2.75) is 40.2 Å². The van der Waals surface area contributed by atoms with E-state index >= 15 is 0 Å². The first-order valence-electron chi connectivity index (χ1n) is 7.33. The zero-order valence-electron chi connectivity index (χ0n) is 13.3. The second-order valence-corrected chi connectivity index (χ2v) is 5.86. The van der Waals surface area contributed by atoms with Crippen molar-refractivity contribution in [3.05, 3.63) is 11.7 Å². The van der Waals surface area contributed by atoms with Crippen LogP contribution in [0.15, 0.2) is 9.52 Å². The molecular formula is C14H26IN5O. The molecule has 0 amide bonds. The normalized spacial score (nSPS) is 19.0. The summed E-state index contributed by atoms with van der Waals surface area (Å²) in [4.78, 5) is 10.9. The lowest BCUT2D eigenvalue weighted by molar-refractivity contribution is 0.385. The number of rotatable bonds is 4. The molecule has 120 valence electrons. The van der Waals surface area contributed by atoms with E-state index in [0.29, 0.717) is 18.3 Å². The maximum Gasteiger partial charge on any atom is 0.223 e. The molecule has 2 rings (SSSR count). The summed E-state index contributed by atoms with van der Waals surface area (Å²) in [5, 5.41) is 7.19. The molecule has 1 saturated heterocycles. The second kappa shape index (κ2) is 8.55. The maximum atomic E-state index is 4.96.